The van der Waals surface area contributed by atoms with Crippen molar-refractivity contribution in [3.05, 3.63) is 15.6 Å². The van der Waals surface area contributed by atoms with Crippen LogP contribution >= 0.6 is 11.3 Å². The van der Waals surface area contributed by atoms with Gasteiger partial charge in [-0.25, -0.2) is 9.78 Å². The Morgan fingerprint density at radius 3 is 2.50 bits per heavy atom. The first-order valence-corrected chi connectivity index (χ1v) is 7.62. The number of aromatic nitrogens is 1. The van der Waals surface area contributed by atoms with E-state index in [4.69, 9.17) is 0 Å². The van der Waals surface area contributed by atoms with Gasteiger partial charge in [-0.1, -0.05) is 20.8 Å². The van der Waals surface area contributed by atoms with Crippen molar-refractivity contribution >= 4 is 23.2 Å². The number of rotatable bonds is 4. The van der Waals surface area contributed by atoms with E-state index >= 15 is 0 Å². The Bertz CT molecular complexity index is 527. The first kappa shape index (κ1) is 15.0. The van der Waals surface area contributed by atoms with E-state index in [1.54, 1.807) is 0 Å². The zero-order valence-corrected chi connectivity index (χ0v) is 12.8. The molecule has 0 unspecified atom stereocenters. The highest BCUT2D eigenvalue weighted by Gasteiger charge is 2.26. The van der Waals surface area contributed by atoms with Crippen LogP contribution in [0.2, 0.25) is 0 Å². The maximum Gasteiger partial charge on any atom is 0.347 e. The topological polar surface area (TPSA) is 79.3 Å². The largest absolute Gasteiger partial charge is 0.477 e. The first-order chi connectivity index (χ1) is 9.27. The third kappa shape index (κ3) is 3.36. The third-order valence-corrected chi connectivity index (χ3v) is 4.84. The van der Waals surface area contributed by atoms with E-state index in [1.165, 1.54) is 0 Å². The molecule has 2 rings (SSSR count). The molecule has 0 spiro atoms. The van der Waals surface area contributed by atoms with Crippen molar-refractivity contribution in [3.8, 4) is 0 Å². The summed E-state index contributed by atoms with van der Waals surface area (Å²) in [5.74, 6) is -1.15. The standard InChI is InChI=1S/C14H20N2O3S/c1-14(2,3)13-16-9(11(20-13)12(18)19)7-10(17)15-8-5-4-6-8/h8H,4-7H2,1-3H3,(H,15,17)(H,18,19). The molecule has 1 amide bonds. The van der Waals surface area contributed by atoms with Gasteiger partial charge in [0, 0.05) is 11.5 Å². The van der Waals surface area contributed by atoms with Crippen LogP contribution in [0.15, 0.2) is 0 Å². The predicted molar refractivity (Wildman–Crippen MR) is 77.3 cm³/mol. The molecule has 0 saturated heterocycles. The van der Waals surface area contributed by atoms with E-state index in [1.807, 2.05) is 20.8 Å². The van der Waals surface area contributed by atoms with Gasteiger partial charge in [0.15, 0.2) is 0 Å². The fourth-order valence-corrected chi connectivity index (χ4v) is 2.92. The summed E-state index contributed by atoms with van der Waals surface area (Å²) >= 11 is 1.16. The van der Waals surface area contributed by atoms with E-state index in [2.05, 4.69) is 10.3 Å². The molecule has 0 atom stereocenters. The summed E-state index contributed by atoms with van der Waals surface area (Å²) in [4.78, 5) is 27.7. The minimum Gasteiger partial charge on any atom is -0.477 e. The number of thiazole rings is 1. The van der Waals surface area contributed by atoms with Gasteiger partial charge in [-0.2, -0.15) is 0 Å². The number of nitrogens with one attached hydrogen (secondary N) is 1. The Labute approximate surface area is 122 Å². The lowest BCUT2D eigenvalue weighted by atomic mass is 9.93. The quantitative estimate of drug-likeness (QED) is 0.894. The second kappa shape index (κ2) is 5.52. The van der Waals surface area contributed by atoms with Gasteiger partial charge in [-0.3, -0.25) is 4.79 Å². The van der Waals surface area contributed by atoms with Crippen LogP contribution in [-0.4, -0.2) is 28.0 Å². The van der Waals surface area contributed by atoms with Crippen molar-refractivity contribution < 1.29 is 14.7 Å². The molecule has 1 fully saturated rings. The summed E-state index contributed by atoms with van der Waals surface area (Å²) in [5, 5.41) is 12.9. The average Bonchev–Trinajstić information content (AvgIpc) is 2.67. The van der Waals surface area contributed by atoms with Crippen LogP contribution < -0.4 is 5.32 Å². The molecule has 1 saturated carbocycles. The summed E-state index contributed by atoms with van der Waals surface area (Å²) in [5.41, 5.74) is 0.168. The fourth-order valence-electron chi connectivity index (χ4n) is 1.94. The summed E-state index contributed by atoms with van der Waals surface area (Å²) in [7, 11) is 0. The number of nitrogens with zero attached hydrogens (tertiary/aromatic N) is 1. The Morgan fingerprint density at radius 2 is 2.05 bits per heavy atom. The highest BCUT2D eigenvalue weighted by Crippen LogP contribution is 2.30. The van der Waals surface area contributed by atoms with Crippen molar-refractivity contribution in [1.29, 1.82) is 0 Å². The van der Waals surface area contributed by atoms with Crippen LogP contribution in [0.3, 0.4) is 0 Å². The lowest BCUT2D eigenvalue weighted by Gasteiger charge is -2.26. The van der Waals surface area contributed by atoms with Gasteiger partial charge < -0.3 is 10.4 Å². The third-order valence-electron chi connectivity index (χ3n) is 3.33. The van der Waals surface area contributed by atoms with E-state index in [-0.39, 0.29) is 28.7 Å². The Kier molecular flexibility index (Phi) is 4.13. The Morgan fingerprint density at radius 1 is 1.40 bits per heavy atom. The molecule has 1 aliphatic rings. The van der Waals surface area contributed by atoms with Crippen molar-refractivity contribution in [2.75, 3.05) is 0 Å². The number of hydrogen-bond donors (Lipinski definition) is 2. The van der Waals surface area contributed by atoms with Gasteiger partial charge in [0.2, 0.25) is 5.91 Å². The van der Waals surface area contributed by atoms with Crippen LogP contribution in [0.4, 0.5) is 0 Å². The van der Waals surface area contributed by atoms with Crippen LogP contribution in [0.5, 0.6) is 0 Å². The minimum atomic E-state index is -1.01. The lowest BCUT2D eigenvalue weighted by Crippen LogP contribution is -2.40. The van der Waals surface area contributed by atoms with Gasteiger partial charge in [0.05, 0.1) is 17.1 Å². The predicted octanol–water partition coefficient (Wildman–Crippen LogP) is 2.35. The SMILES string of the molecule is CC(C)(C)c1nc(CC(=O)NC2CCC2)c(C(=O)O)s1. The molecule has 2 N–H and O–H groups in total. The first-order valence-electron chi connectivity index (χ1n) is 6.80. The summed E-state index contributed by atoms with van der Waals surface area (Å²) < 4.78 is 0. The number of hydrogen-bond acceptors (Lipinski definition) is 4. The number of aromatic carboxylic acids is 1. The fraction of sp³-hybridized carbons (Fsp3) is 0.643. The molecule has 6 heteroatoms. The molecule has 0 bridgehead atoms. The van der Waals surface area contributed by atoms with E-state index in [9.17, 15) is 14.7 Å². The molecule has 0 aliphatic heterocycles. The molecule has 1 heterocycles. The molecule has 110 valence electrons. The highest BCUT2D eigenvalue weighted by molar-refractivity contribution is 7.13. The van der Waals surface area contributed by atoms with Gasteiger partial charge in [-0.05, 0) is 19.3 Å². The van der Waals surface area contributed by atoms with Gasteiger partial charge >= 0.3 is 5.97 Å². The van der Waals surface area contributed by atoms with Gasteiger partial charge in [-0.15, -0.1) is 11.3 Å². The van der Waals surface area contributed by atoms with Crippen molar-refractivity contribution in [3.63, 3.8) is 0 Å². The van der Waals surface area contributed by atoms with Crippen LogP contribution in [0, 0.1) is 0 Å². The number of carbonyl (C=O) groups is 2. The monoisotopic (exact) mass is 296 g/mol. The lowest BCUT2D eigenvalue weighted by molar-refractivity contribution is -0.121. The zero-order valence-electron chi connectivity index (χ0n) is 12.0. The summed E-state index contributed by atoms with van der Waals surface area (Å²) in [6, 6.07) is 0.261. The summed E-state index contributed by atoms with van der Waals surface area (Å²) in [6.45, 7) is 5.95. The van der Waals surface area contributed by atoms with E-state index < -0.39 is 5.97 Å². The smallest absolute Gasteiger partial charge is 0.347 e. The Balaban J connectivity index is 2.14. The maximum absolute atomic E-state index is 11.9. The van der Waals surface area contributed by atoms with Crippen molar-refractivity contribution in [2.24, 2.45) is 0 Å². The van der Waals surface area contributed by atoms with Crippen molar-refractivity contribution in [2.45, 2.75) is 57.9 Å². The van der Waals surface area contributed by atoms with Gasteiger partial charge in [0.1, 0.15) is 4.88 Å². The zero-order chi connectivity index (χ0) is 14.9. The number of carboxylic acids is 1. The van der Waals surface area contributed by atoms with Crippen LogP contribution in [-0.2, 0) is 16.6 Å². The van der Waals surface area contributed by atoms with Crippen molar-refractivity contribution in [1.82, 2.24) is 10.3 Å². The second-order valence-corrected chi connectivity index (χ2v) is 7.22. The Hall–Kier alpha value is -1.43. The number of carboxylic acid groups (broad SMARTS) is 1. The molecule has 1 aromatic rings. The molecule has 0 radical (unpaired) electrons. The minimum absolute atomic E-state index is 0.0463. The van der Waals surface area contributed by atoms with Gasteiger partial charge in [0.25, 0.3) is 0 Å². The van der Waals surface area contributed by atoms with E-state index in [0.717, 1.165) is 35.6 Å². The normalized spacial score (nSPS) is 15.8. The molecule has 5 nitrogen and oxygen atoms in total. The molecular formula is C14H20N2O3S. The second-order valence-electron chi connectivity index (χ2n) is 6.22. The molecule has 0 aromatic carbocycles. The average molecular weight is 296 g/mol. The number of amides is 1. The molecule has 20 heavy (non-hydrogen) atoms. The van der Waals surface area contributed by atoms with Crippen LogP contribution in [0.25, 0.3) is 0 Å². The molecule has 1 aromatic heterocycles. The number of carbonyl (C=O) groups excluding carboxylic acids is 1. The summed E-state index contributed by atoms with van der Waals surface area (Å²) in [6.07, 6.45) is 3.23. The highest BCUT2D eigenvalue weighted by atomic mass is 32.1. The molecular weight excluding hydrogens is 276 g/mol. The molecule has 1 aliphatic carbocycles. The van der Waals surface area contributed by atoms with Crippen LogP contribution in [0.1, 0.15) is 60.4 Å². The maximum atomic E-state index is 11.9. The van der Waals surface area contributed by atoms with E-state index in [0.29, 0.717) is 5.69 Å².